The van der Waals surface area contributed by atoms with Gasteiger partial charge in [-0.25, -0.2) is 8.42 Å². The van der Waals surface area contributed by atoms with Crippen LogP contribution in [0.2, 0.25) is 0 Å². The van der Waals surface area contributed by atoms with Crippen molar-refractivity contribution in [3.05, 3.63) is 12.2 Å². The largest absolute Gasteiger partial charge is 0.320 e. The molecule has 0 bridgehead atoms. The molecule has 0 spiro atoms. The van der Waals surface area contributed by atoms with Crippen molar-refractivity contribution in [1.29, 1.82) is 0 Å². The molecular weight excluding hydrogens is 216 g/mol. The predicted molar refractivity (Wildman–Crippen MR) is 57.5 cm³/mol. The first-order chi connectivity index (χ1) is 7.01. The van der Waals surface area contributed by atoms with Gasteiger partial charge in [0.15, 0.2) is 0 Å². The second-order valence-electron chi connectivity index (χ2n) is 3.59. The Balaban J connectivity index is 2.72. The monoisotopic (exact) mass is 232 g/mol. The first-order valence-electron chi connectivity index (χ1n) is 4.96. The maximum Gasteiger partial charge on any atom is 0.250 e. The number of carbonyl (C=O) groups is 1. The predicted octanol–water partition coefficient (Wildman–Crippen LogP) is -0.110. The molecule has 0 saturated heterocycles. The summed E-state index contributed by atoms with van der Waals surface area (Å²) in [5.74, 6) is -0.638. The van der Waals surface area contributed by atoms with Crippen LogP contribution in [0.25, 0.3) is 0 Å². The number of hydrogen-bond donors (Lipinski definition) is 2. The highest BCUT2D eigenvalue weighted by Crippen LogP contribution is 2.03. The van der Waals surface area contributed by atoms with Gasteiger partial charge in [-0.3, -0.25) is 9.52 Å². The smallest absolute Gasteiger partial charge is 0.250 e. The number of hydrogen-bond acceptors (Lipinski definition) is 4. The molecule has 0 saturated carbocycles. The van der Waals surface area contributed by atoms with Crippen LogP contribution >= 0.6 is 0 Å². The van der Waals surface area contributed by atoms with Crippen molar-refractivity contribution in [2.45, 2.75) is 31.7 Å². The summed E-state index contributed by atoms with van der Waals surface area (Å²) >= 11 is 0. The van der Waals surface area contributed by atoms with Crippen LogP contribution in [0.5, 0.6) is 0 Å². The highest BCUT2D eigenvalue weighted by atomic mass is 32.2. The minimum absolute atomic E-state index is 0.0146. The Kier molecular flexibility index (Phi) is 4.28. The molecule has 1 aliphatic rings. The molecule has 6 heteroatoms. The van der Waals surface area contributed by atoms with Gasteiger partial charge in [0.2, 0.25) is 10.0 Å². The van der Waals surface area contributed by atoms with Crippen LogP contribution < -0.4 is 10.5 Å². The van der Waals surface area contributed by atoms with Crippen molar-refractivity contribution >= 4 is 15.9 Å². The molecule has 0 aliphatic carbocycles. The zero-order valence-electron chi connectivity index (χ0n) is 8.48. The van der Waals surface area contributed by atoms with Crippen molar-refractivity contribution in [2.75, 3.05) is 5.75 Å². The normalized spacial score (nSPS) is 29.9. The van der Waals surface area contributed by atoms with E-state index >= 15 is 0 Å². The SMILES string of the molecule is NC1C/C=C\CCCCS(=O)(=O)NC1=O. The highest BCUT2D eigenvalue weighted by Gasteiger charge is 2.19. The van der Waals surface area contributed by atoms with Gasteiger partial charge < -0.3 is 5.73 Å². The number of allylic oxidation sites excluding steroid dienone is 1. The average molecular weight is 232 g/mol. The standard InChI is InChI=1S/C9H16N2O3S/c10-8-6-4-2-1-3-5-7-15(13,14)11-9(8)12/h2,4,8H,1,3,5-7,10H2,(H,11,12)/b4-2-. The quantitative estimate of drug-likeness (QED) is 0.570. The molecule has 1 amide bonds. The number of nitrogens with one attached hydrogen (secondary N) is 1. The van der Waals surface area contributed by atoms with E-state index in [4.69, 9.17) is 5.73 Å². The van der Waals surface area contributed by atoms with E-state index in [0.717, 1.165) is 12.8 Å². The molecule has 5 nitrogen and oxygen atoms in total. The minimum Gasteiger partial charge on any atom is -0.320 e. The van der Waals surface area contributed by atoms with Gasteiger partial charge >= 0.3 is 0 Å². The van der Waals surface area contributed by atoms with Crippen molar-refractivity contribution in [1.82, 2.24) is 4.72 Å². The van der Waals surface area contributed by atoms with Crippen LogP contribution in [0, 0.1) is 0 Å². The fourth-order valence-corrected chi connectivity index (χ4v) is 2.45. The van der Waals surface area contributed by atoms with Gasteiger partial charge in [-0.1, -0.05) is 12.2 Å². The third kappa shape index (κ3) is 4.44. The van der Waals surface area contributed by atoms with Gasteiger partial charge in [-0.2, -0.15) is 0 Å². The van der Waals surface area contributed by atoms with E-state index < -0.39 is 22.0 Å². The number of sulfonamides is 1. The minimum atomic E-state index is -3.49. The summed E-state index contributed by atoms with van der Waals surface area (Å²) in [6.45, 7) is 0. The molecule has 0 aromatic carbocycles. The first-order valence-corrected chi connectivity index (χ1v) is 6.61. The zero-order chi connectivity index (χ0) is 11.3. The van der Waals surface area contributed by atoms with E-state index in [1.54, 1.807) is 0 Å². The van der Waals surface area contributed by atoms with E-state index in [9.17, 15) is 13.2 Å². The second kappa shape index (κ2) is 5.27. The summed E-state index contributed by atoms with van der Waals surface area (Å²) in [4.78, 5) is 11.3. The third-order valence-electron chi connectivity index (χ3n) is 2.18. The highest BCUT2D eigenvalue weighted by molar-refractivity contribution is 7.90. The van der Waals surface area contributed by atoms with Crippen molar-refractivity contribution in [3.63, 3.8) is 0 Å². The maximum atomic E-state index is 11.3. The molecular formula is C9H16N2O3S. The molecule has 1 rings (SSSR count). The van der Waals surface area contributed by atoms with Crippen LogP contribution in [-0.2, 0) is 14.8 Å². The Labute approximate surface area is 89.8 Å². The molecule has 0 fully saturated rings. The van der Waals surface area contributed by atoms with Crippen LogP contribution in [0.4, 0.5) is 0 Å². The lowest BCUT2D eigenvalue weighted by atomic mass is 10.2. The summed E-state index contributed by atoms with van der Waals surface area (Å²) in [5.41, 5.74) is 5.51. The Hall–Kier alpha value is -0.880. The molecule has 0 aromatic heterocycles. The summed E-state index contributed by atoms with van der Waals surface area (Å²) < 4.78 is 24.7. The van der Waals surface area contributed by atoms with Crippen LogP contribution in [0.1, 0.15) is 25.7 Å². The van der Waals surface area contributed by atoms with E-state index in [2.05, 4.69) is 0 Å². The van der Waals surface area contributed by atoms with Crippen LogP contribution in [0.3, 0.4) is 0 Å². The van der Waals surface area contributed by atoms with E-state index in [-0.39, 0.29) is 5.75 Å². The average Bonchev–Trinajstić information content (AvgIpc) is 2.15. The van der Waals surface area contributed by atoms with E-state index in [1.807, 2.05) is 16.9 Å². The number of amides is 1. The lowest BCUT2D eigenvalue weighted by Crippen LogP contribution is -2.43. The molecule has 3 N–H and O–H groups in total. The second-order valence-corrected chi connectivity index (χ2v) is 5.44. The van der Waals surface area contributed by atoms with Gasteiger partial charge in [0.1, 0.15) is 0 Å². The van der Waals surface area contributed by atoms with Crippen molar-refractivity contribution in [3.8, 4) is 0 Å². The molecule has 0 radical (unpaired) electrons. The maximum absolute atomic E-state index is 11.3. The van der Waals surface area contributed by atoms with Gasteiger partial charge in [0.25, 0.3) is 5.91 Å². The number of rotatable bonds is 0. The third-order valence-corrected chi connectivity index (χ3v) is 3.52. The molecule has 1 heterocycles. The summed E-state index contributed by atoms with van der Waals surface area (Å²) in [6, 6.07) is -0.783. The van der Waals surface area contributed by atoms with E-state index in [1.165, 1.54) is 0 Å². The Morgan fingerprint density at radius 3 is 2.80 bits per heavy atom. The fraction of sp³-hybridized carbons (Fsp3) is 0.667. The van der Waals surface area contributed by atoms with Crippen molar-refractivity contribution < 1.29 is 13.2 Å². The molecule has 0 aromatic rings. The van der Waals surface area contributed by atoms with Crippen molar-refractivity contribution in [2.24, 2.45) is 5.73 Å². The van der Waals surface area contributed by atoms with Gasteiger partial charge in [0.05, 0.1) is 11.8 Å². The van der Waals surface area contributed by atoms with E-state index in [0.29, 0.717) is 12.8 Å². The van der Waals surface area contributed by atoms with Gasteiger partial charge in [0, 0.05) is 0 Å². The molecule has 1 atom stereocenters. The molecule has 15 heavy (non-hydrogen) atoms. The van der Waals surface area contributed by atoms with Crippen LogP contribution in [-0.4, -0.2) is 26.1 Å². The number of carbonyl (C=O) groups excluding carboxylic acids is 1. The summed E-state index contributed by atoms with van der Waals surface area (Å²) in [5, 5.41) is 0. The molecule has 1 aliphatic heterocycles. The van der Waals surface area contributed by atoms with Crippen LogP contribution in [0.15, 0.2) is 12.2 Å². The lowest BCUT2D eigenvalue weighted by Gasteiger charge is -2.09. The van der Waals surface area contributed by atoms with Gasteiger partial charge in [-0.15, -0.1) is 0 Å². The molecule has 86 valence electrons. The molecule has 1 unspecified atom stereocenters. The first kappa shape index (κ1) is 12.2. The Morgan fingerprint density at radius 2 is 2.07 bits per heavy atom. The van der Waals surface area contributed by atoms with Gasteiger partial charge in [-0.05, 0) is 25.7 Å². The topological polar surface area (TPSA) is 89.3 Å². The Morgan fingerprint density at radius 1 is 1.33 bits per heavy atom. The zero-order valence-corrected chi connectivity index (χ0v) is 9.29. The summed E-state index contributed by atoms with van der Waals surface area (Å²) in [7, 11) is -3.49. The number of nitrogens with two attached hydrogens (primary N) is 1. The lowest BCUT2D eigenvalue weighted by molar-refractivity contribution is -0.120. The Bertz CT molecular complexity index is 348. The summed E-state index contributed by atoms with van der Waals surface area (Å²) in [6.07, 6.45) is 6.33. The fourth-order valence-electron chi connectivity index (χ4n) is 1.30.